The molecule has 0 aliphatic carbocycles. The molecule has 8 heteroatoms. The van der Waals surface area contributed by atoms with E-state index in [0.29, 0.717) is 0 Å². The molecule has 0 aliphatic heterocycles. The first-order valence-corrected chi connectivity index (χ1v) is 6.82. The van der Waals surface area contributed by atoms with Crippen LogP contribution in [0.25, 0.3) is 0 Å². The number of carbonyl (C=O) groups is 4. The molecule has 0 aromatic heterocycles. The summed E-state index contributed by atoms with van der Waals surface area (Å²) in [5, 5.41) is 21.9. The standard InChI is InChI=1S/C16H16N2O6/c19-13(4-6-15(21)22)17-9-11-2-1-3-12(8-11)10-18-14(20)5-7-16(23)24/h1-8H,9-10H2,(H,17,19)(H,18,20)(H,21,22)(H,23,24)/b6-4-,7-5?. The summed E-state index contributed by atoms with van der Waals surface area (Å²) in [6.07, 6.45) is 3.32. The van der Waals surface area contributed by atoms with E-state index in [4.69, 9.17) is 10.2 Å². The third-order valence-electron chi connectivity index (χ3n) is 2.68. The van der Waals surface area contributed by atoms with Gasteiger partial charge >= 0.3 is 11.9 Å². The molecule has 0 aliphatic rings. The Morgan fingerprint density at radius 3 is 1.58 bits per heavy atom. The average Bonchev–Trinajstić information content (AvgIpc) is 2.54. The number of carboxylic acid groups (broad SMARTS) is 2. The molecule has 0 atom stereocenters. The molecule has 126 valence electrons. The molecule has 1 aromatic carbocycles. The molecule has 8 nitrogen and oxygen atoms in total. The fourth-order valence-corrected chi connectivity index (χ4v) is 1.64. The number of hydrogen-bond donors (Lipinski definition) is 4. The molecule has 0 saturated carbocycles. The number of nitrogens with one attached hydrogen (secondary N) is 2. The van der Waals surface area contributed by atoms with Crippen LogP contribution in [0, 0.1) is 0 Å². The van der Waals surface area contributed by atoms with Crippen molar-refractivity contribution < 1.29 is 29.4 Å². The molecule has 0 heterocycles. The first-order valence-electron chi connectivity index (χ1n) is 6.82. The Bertz CT molecular complexity index is 638. The van der Waals surface area contributed by atoms with Crippen molar-refractivity contribution in [2.24, 2.45) is 0 Å². The predicted molar refractivity (Wildman–Crippen MR) is 83.7 cm³/mol. The summed E-state index contributed by atoms with van der Waals surface area (Å²) < 4.78 is 0. The molecule has 0 fully saturated rings. The average molecular weight is 332 g/mol. The van der Waals surface area contributed by atoms with Crippen LogP contribution < -0.4 is 10.6 Å². The van der Waals surface area contributed by atoms with Crippen molar-refractivity contribution >= 4 is 23.8 Å². The summed E-state index contributed by atoms with van der Waals surface area (Å²) in [5.74, 6) is -3.48. The van der Waals surface area contributed by atoms with Gasteiger partial charge in [-0.25, -0.2) is 9.59 Å². The summed E-state index contributed by atoms with van der Waals surface area (Å²) in [6, 6.07) is 7.01. The lowest BCUT2D eigenvalue weighted by Crippen LogP contribution is -2.22. The Morgan fingerprint density at radius 1 is 0.792 bits per heavy atom. The van der Waals surface area contributed by atoms with Crippen LogP contribution in [0.3, 0.4) is 0 Å². The van der Waals surface area contributed by atoms with Crippen molar-refractivity contribution in [1.29, 1.82) is 0 Å². The second-order valence-corrected chi connectivity index (χ2v) is 4.60. The van der Waals surface area contributed by atoms with Gasteiger partial charge in [0, 0.05) is 37.4 Å². The maximum atomic E-state index is 11.4. The van der Waals surface area contributed by atoms with Gasteiger partial charge in [-0.1, -0.05) is 24.3 Å². The van der Waals surface area contributed by atoms with Gasteiger partial charge in [-0.05, 0) is 11.1 Å². The van der Waals surface area contributed by atoms with E-state index in [9.17, 15) is 19.2 Å². The molecule has 2 amide bonds. The maximum absolute atomic E-state index is 11.4. The lowest BCUT2D eigenvalue weighted by molar-refractivity contribution is -0.132. The van der Waals surface area contributed by atoms with Crippen LogP contribution in [0.1, 0.15) is 11.1 Å². The van der Waals surface area contributed by atoms with Gasteiger partial charge in [0.25, 0.3) is 0 Å². The predicted octanol–water partition coefficient (Wildman–Crippen LogP) is 0.201. The van der Waals surface area contributed by atoms with Crippen LogP contribution in [0.15, 0.2) is 48.6 Å². The van der Waals surface area contributed by atoms with Crippen molar-refractivity contribution in [2.45, 2.75) is 13.1 Å². The number of rotatable bonds is 8. The van der Waals surface area contributed by atoms with E-state index in [1.807, 2.05) is 0 Å². The highest BCUT2D eigenvalue weighted by atomic mass is 16.4. The largest absolute Gasteiger partial charge is 0.478 e. The molecule has 0 spiro atoms. The van der Waals surface area contributed by atoms with Crippen molar-refractivity contribution in [2.75, 3.05) is 0 Å². The van der Waals surface area contributed by atoms with E-state index in [0.717, 1.165) is 35.4 Å². The van der Waals surface area contributed by atoms with Crippen molar-refractivity contribution in [3.8, 4) is 0 Å². The molecule has 24 heavy (non-hydrogen) atoms. The zero-order valence-corrected chi connectivity index (χ0v) is 12.6. The first kappa shape index (κ1) is 18.6. The van der Waals surface area contributed by atoms with Crippen LogP contribution >= 0.6 is 0 Å². The maximum Gasteiger partial charge on any atom is 0.328 e. The van der Waals surface area contributed by atoms with Gasteiger partial charge in [-0.2, -0.15) is 0 Å². The van der Waals surface area contributed by atoms with Gasteiger partial charge in [-0.15, -0.1) is 0 Å². The number of amides is 2. The molecule has 0 saturated heterocycles. The number of hydrogen-bond acceptors (Lipinski definition) is 4. The van der Waals surface area contributed by atoms with Crippen LogP contribution in [0.4, 0.5) is 0 Å². The van der Waals surface area contributed by atoms with Crippen LogP contribution in [0.2, 0.25) is 0 Å². The monoisotopic (exact) mass is 332 g/mol. The van der Waals surface area contributed by atoms with E-state index in [2.05, 4.69) is 10.6 Å². The Morgan fingerprint density at radius 2 is 1.21 bits per heavy atom. The van der Waals surface area contributed by atoms with Crippen molar-refractivity contribution in [3.05, 3.63) is 59.7 Å². The van der Waals surface area contributed by atoms with Crippen LogP contribution in [0.5, 0.6) is 0 Å². The highest BCUT2D eigenvalue weighted by molar-refractivity contribution is 5.94. The molecular weight excluding hydrogens is 316 g/mol. The minimum atomic E-state index is -1.21. The van der Waals surface area contributed by atoms with E-state index in [-0.39, 0.29) is 13.1 Å². The van der Waals surface area contributed by atoms with Crippen molar-refractivity contribution in [3.63, 3.8) is 0 Å². The Balaban J connectivity index is 2.52. The fraction of sp³-hybridized carbons (Fsp3) is 0.125. The summed E-state index contributed by atoms with van der Waals surface area (Å²) in [5.41, 5.74) is 1.53. The lowest BCUT2D eigenvalue weighted by Gasteiger charge is -2.06. The van der Waals surface area contributed by atoms with E-state index < -0.39 is 23.8 Å². The molecule has 0 unspecified atom stereocenters. The second-order valence-electron chi connectivity index (χ2n) is 4.60. The second kappa shape index (κ2) is 9.57. The Kier molecular flexibility index (Phi) is 7.43. The van der Waals surface area contributed by atoms with Gasteiger partial charge < -0.3 is 20.8 Å². The summed E-state index contributed by atoms with van der Waals surface area (Å²) in [4.78, 5) is 43.3. The van der Waals surface area contributed by atoms with Gasteiger partial charge in [0.1, 0.15) is 0 Å². The molecule has 0 bridgehead atoms. The number of carboxylic acids is 2. The highest BCUT2D eigenvalue weighted by Crippen LogP contribution is 2.05. The SMILES string of the molecule is O=C(O)C=CC(=O)NCc1cccc(CNC(=O)/C=C\C(=O)O)c1. The molecule has 1 aromatic rings. The molecular formula is C16H16N2O6. The van der Waals surface area contributed by atoms with E-state index in [1.54, 1.807) is 24.3 Å². The summed E-state index contributed by atoms with van der Waals surface area (Å²) in [7, 11) is 0. The third-order valence-corrected chi connectivity index (χ3v) is 2.68. The Labute approximate surface area is 137 Å². The van der Waals surface area contributed by atoms with E-state index in [1.165, 1.54) is 0 Å². The lowest BCUT2D eigenvalue weighted by atomic mass is 10.1. The topological polar surface area (TPSA) is 133 Å². The molecule has 4 N–H and O–H groups in total. The number of aliphatic carboxylic acids is 2. The normalized spacial score (nSPS) is 10.7. The minimum absolute atomic E-state index is 0.198. The highest BCUT2D eigenvalue weighted by Gasteiger charge is 2.01. The summed E-state index contributed by atoms with van der Waals surface area (Å²) in [6.45, 7) is 0.396. The van der Waals surface area contributed by atoms with Crippen LogP contribution in [-0.4, -0.2) is 34.0 Å². The zero-order chi connectivity index (χ0) is 17.9. The van der Waals surface area contributed by atoms with Crippen LogP contribution in [-0.2, 0) is 32.3 Å². The molecule has 1 rings (SSSR count). The number of carbonyl (C=O) groups excluding carboxylic acids is 2. The van der Waals surface area contributed by atoms with Gasteiger partial charge in [0.05, 0.1) is 0 Å². The minimum Gasteiger partial charge on any atom is -0.478 e. The third kappa shape index (κ3) is 8.13. The van der Waals surface area contributed by atoms with Gasteiger partial charge in [-0.3, -0.25) is 9.59 Å². The number of benzene rings is 1. The fourth-order valence-electron chi connectivity index (χ4n) is 1.64. The smallest absolute Gasteiger partial charge is 0.328 e. The summed E-state index contributed by atoms with van der Waals surface area (Å²) >= 11 is 0. The zero-order valence-electron chi connectivity index (χ0n) is 12.6. The van der Waals surface area contributed by atoms with Gasteiger partial charge in [0.2, 0.25) is 11.8 Å². The molecule has 0 radical (unpaired) electrons. The Hall–Kier alpha value is -3.42. The van der Waals surface area contributed by atoms with Crippen molar-refractivity contribution in [1.82, 2.24) is 10.6 Å². The van der Waals surface area contributed by atoms with Gasteiger partial charge in [0.15, 0.2) is 0 Å². The quantitative estimate of drug-likeness (QED) is 0.503. The van der Waals surface area contributed by atoms with E-state index >= 15 is 0 Å². The first-order chi connectivity index (χ1) is 11.4.